The lowest BCUT2D eigenvalue weighted by molar-refractivity contribution is 1.01. The summed E-state index contributed by atoms with van der Waals surface area (Å²) in [6.07, 6.45) is 16.5. The molecule has 1 aliphatic heterocycles. The highest BCUT2D eigenvalue weighted by molar-refractivity contribution is 6.23. The Morgan fingerprint density at radius 1 is 0.358 bits per heavy atom. The van der Waals surface area contributed by atoms with Crippen LogP contribution in [0.25, 0.3) is 93.5 Å². The maximum atomic E-state index is 4.70. The van der Waals surface area contributed by atoms with Crippen LogP contribution in [0.1, 0.15) is 12.0 Å². The summed E-state index contributed by atoms with van der Waals surface area (Å²) < 4.78 is 0. The largest absolute Gasteiger partial charge is 0.310 e. The monoisotopic (exact) mass is 857 g/mol. The van der Waals surface area contributed by atoms with Gasteiger partial charge >= 0.3 is 0 Å². The highest BCUT2D eigenvalue weighted by Crippen LogP contribution is 2.47. The summed E-state index contributed by atoms with van der Waals surface area (Å²) in [5.74, 6) is 0. The number of allylic oxidation sites excluding steroid dienone is 1. The van der Waals surface area contributed by atoms with Crippen LogP contribution in [0, 0.1) is 0 Å². The molecule has 12 rings (SSSR count). The van der Waals surface area contributed by atoms with Gasteiger partial charge in [0.2, 0.25) is 0 Å². The van der Waals surface area contributed by atoms with Crippen molar-refractivity contribution >= 4 is 61.2 Å². The Balaban J connectivity index is 1.08. The maximum Gasteiger partial charge on any atom is 0.0474 e. The Hall–Kier alpha value is -8.80. The smallest absolute Gasteiger partial charge is 0.0474 e. The lowest BCUT2D eigenvalue weighted by Gasteiger charge is -2.28. The molecule has 1 aliphatic rings. The van der Waals surface area contributed by atoms with Gasteiger partial charge in [0, 0.05) is 83.7 Å². The molecule has 0 aliphatic carbocycles. The molecule has 3 aromatic heterocycles. The van der Waals surface area contributed by atoms with Crippen molar-refractivity contribution in [2.24, 2.45) is 4.99 Å². The molecule has 67 heavy (non-hydrogen) atoms. The number of aromatic nitrogens is 3. The minimum atomic E-state index is 0.797. The number of hydrogen-bond donors (Lipinski definition) is 0. The second-order valence-corrected chi connectivity index (χ2v) is 17.0. The number of rotatable bonds is 9. The fourth-order valence-corrected chi connectivity index (χ4v) is 9.85. The summed E-state index contributed by atoms with van der Waals surface area (Å²) in [7, 11) is 0. The van der Waals surface area contributed by atoms with Gasteiger partial charge in [0.25, 0.3) is 0 Å². The first-order valence-electron chi connectivity index (χ1n) is 22.8. The van der Waals surface area contributed by atoms with Gasteiger partial charge in [-0.25, -0.2) is 0 Å². The summed E-state index contributed by atoms with van der Waals surface area (Å²) in [6, 6.07) is 68.3. The number of hydrogen-bond acceptors (Lipinski definition) is 5. The van der Waals surface area contributed by atoms with Crippen molar-refractivity contribution in [3.63, 3.8) is 0 Å². The van der Waals surface area contributed by atoms with E-state index >= 15 is 0 Å². The van der Waals surface area contributed by atoms with Crippen LogP contribution < -0.4 is 4.90 Å². The Morgan fingerprint density at radius 3 is 1.37 bits per heavy atom. The summed E-state index contributed by atoms with van der Waals surface area (Å²) in [4.78, 5) is 20.7. The maximum absolute atomic E-state index is 4.70. The van der Waals surface area contributed by atoms with Gasteiger partial charge in [-0.15, -0.1) is 0 Å². The first kappa shape index (κ1) is 39.8. The van der Waals surface area contributed by atoms with E-state index < -0.39 is 0 Å². The van der Waals surface area contributed by atoms with Gasteiger partial charge < -0.3 is 4.90 Å². The second-order valence-electron chi connectivity index (χ2n) is 17.0. The number of benzene rings is 8. The summed E-state index contributed by atoms with van der Waals surface area (Å²) >= 11 is 0. The van der Waals surface area contributed by atoms with E-state index in [1.165, 1.54) is 49.0 Å². The van der Waals surface area contributed by atoms with E-state index in [-0.39, 0.29) is 0 Å². The predicted molar refractivity (Wildman–Crippen MR) is 280 cm³/mol. The number of nitrogens with zero attached hydrogens (tertiary/aromatic N) is 5. The molecule has 0 atom stereocenters. The molecule has 8 aromatic carbocycles. The average molecular weight is 858 g/mol. The first-order valence-corrected chi connectivity index (χ1v) is 22.8. The van der Waals surface area contributed by atoms with Crippen LogP contribution >= 0.6 is 0 Å². The molecule has 0 amide bonds. The zero-order chi connectivity index (χ0) is 44.5. The molecule has 11 aromatic rings. The van der Waals surface area contributed by atoms with Crippen LogP contribution in [0.15, 0.2) is 236 Å². The van der Waals surface area contributed by atoms with Crippen molar-refractivity contribution in [3.05, 3.63) is 237 Å². The Kier molecular flexibility index (Phi) is 10.3. The SMILES string of the molecule is C1=NCCC=C1c1cc(-c2cccnc2)cc(N(c2ccc(-c3c4ccccc4c(-c4cccc5ccccc45)c4ccccc34)cc2)c2cc(-c3cccnc3)cc(-c3cccnc3)c2)c1. The lowest BCUT2D eigenvalue weighted by atomic mass is 9.84. The molecular weight excluding hydrogens is 815 g/mol. The minimum Gasteiger partial charge on any atom is -0.310 e. The Labute approximate surface area is 389 Å². The van der Waals surface area contributed by atoms with E-state index in [9.17, 15) is 0 Å². The molecule has 0 bridgehead atoms. The van der Waals surface area contributed by atoms with Crippen LogP contribution in [0.4, 0.5) is 17.1 Å². The standard InChI is InChI=1S/C62H43N5/c1-2-18-55-42(12-1)13-7-23-56(55)62-59-21-5-3-19-57(59)61(58-20-4-6-22-60(58)62)43-24-26-52(27-25-43)67(53-34-48(44-14-8-28-63-38-44)32-49(35-53)45-15-9-29-64-39-45)54-36-50(46-16-10-30-65-40-46)33-51(37-54)47-17-11-31-66-41-47/h1-10,12-30,32-41H,11,31H2. The van der Waals surface area contributed by atoms with Crippen LogP contribution in [0.3, 0.4) is 0 Å². The molecule has 5 heteroatoms. The molecule has 316 valence electrons. The quantitative estimate of drug-likeness (QED) is 0.136. The Bertz CT molecular complexity index is 3560. The van der Waals surface area contributed by atoms with Crippen molar-refractivity contribution in [2.75, 3.05) is 11.4 Å². The number of dihydropyridines is 1. The van der Waals surface area contributed by atoms with Crippen LogP contribution in [-0.4, -0.2) is 27.7 Å². The third-order valence-electron chi connectivity index (χ3n) is 12.9. The van der Waals surface area contributed by atoms with Gasteiger partial charge in [-0.3, -0.25) is 19.9 Å². The average Bonchev–Trinajstić information content (AvgIpc) is 3.41. The molecule has 0 saturated heterocycles. The van der Waals surface area contributed by atoms with E-state index in [4.69, 9.17) is 4.99 Å². The molecule has 4 heterocycles. The zero-order valence-corrected chi connectivity index (χ0v) is 36.7. The molecule has 0 fully saturated rings. The van der Waals surface area contributed by atoms with Crippen molar-refractivity contribution in [1.82, 2.24) is 15.0 Å². The molecule has 0 radical (unpaired) electrons. The summed E-state index contributed by atoms with van der Waals surface area (Å²) in [5.41, 5.74) is 16.4. The number of pyridine rings is 3. The van der Waals surface area contributed by atoms with Gasteiger partial charge in [0.05, 0.1) is 0 Å². The van der Waals surface area contributed by atoms with Crippen molar-refractivity contribution in [2.45, 2.75) is 6.42 Å². The van der Waals surface area contributed by atoms with E-state index in [2.05, 4.69) is 196 Å². The lowest BCUT2D eigenvalue weighted by Crippen LogP contribution is -2.11. The fourth-order valence-electron chi connectivity index (χ4n) is 9.85. The third-order valence-corrected chi connectivity index (χ3v) is 12.9. The normalized spacial score (nSPS) is 12.4. The van der Waals surface area contributed by atoms with Crippen LogP contribution in [0.5, 0.6) is 0 Å². The summed E-state index contributed by atoms with van der Waals surface area (Å²) in [6.45, 7) is 0.797. The van der Waals surface area contributed by atoms with Crippen LogP contribution in [0.2, 0.25) is 0 Å². The fraction of sp³-hybridized carbons (Fsp3) is 0.0323. The molecule has 0 spiro atoms. The third kappa shape index (κ3) is 7.52. The number of aliphatic imine (C=N–C) groups is 1. The van der Waals surface area contributed by atoms with E-state index in [1.54, 1.807) is 0 Å². The highest BCUT2D eigenvalue weighted by atomic mass is 15.1. The number of anilines is 3. The molecule has 5 nitrogen and oxygen atoms in total. The molecule has 0 saturated carbocycles. The molecule has 0 unspecified atom stereocenters. The zero-order valence-electron chi connectivity index (χ0n) is 36.7. The van der Waals surface area contributed by atoms with Gasteiger partial charge in [-0.1, -0.05) is 127 Å². The minimum absolute atomic E-state index is 0.797. The predicted octanol–water partition coefficient (Wildman–Crippen LogP) is 16.0. The van der Waals surface area contributed by atoms with Gasteiger partial charge in [0.15, 0.2) is 0 Å². The topological polar surface area (TPSA) is 54.3 Å². The first-order chi connectivity index (χ1) is 33.2. The highest BCUT2D eigenvalue weighted by Gasteiger charge is 2.21. The van der Waals surface area contributed by atoms with E-state index in [0.29, 0.717) is 0 Å². The van der Waals surface area contributed by atoms with Gasteiger partial charge in [-0.05, 0) is 156 Å². The second kappa shape index (κ2) is 17.3. The Morgan fingerprint density at radius 2 is 0.851 bits per heavy atom. The van der Waals surface area contributed by atoms with Gasteiger partial charge in [0.1, 0.15) is 0 Å². The summed E-state index contributed by atoms with van der Waals surface area (Å²) in [5, 5.41) is 7.38. The number of fused-ring (bicyclic) bond motifs is 3. The van der Waals surface area contributed by atoms with Crippen molar-refractivity contribution in [3.8, 4) is 55.6 Å². The molecule has 0 N–H and O–H groups in total. The van der Waals surface area contributed by atoms with Crippen molar-refractivity contribution < 1.29 is 0 Å². The van der Waals surface area contributed by atoms with E-state index in [1.807, 2.05) is 61.6 Å². The van der Waals surface area contributed by atoms with E-state index in [0.717, 1.165) is 80.1 Å². The van der Waals surface area contributed by atoms with Gasteiger partial charge in [-0.2, -0.15) is 0 Å². The van der Waals surface area contributed by atoms with Crippen LogP contribution in [-0.2, 0) is 0 Å². The van der Waals surface area contributed by atoms with Crippen molar-refractivity contribution in [1.29, 1.82) is 0 Å². The molecular formula is C62H43N5.